The number of hydrogen-bond donors (Lipinski definition) is 1. The van der Waals surface area contributed by atoms with Gasteiger partial charge in [-0.05, 0) is 47.1 Å². The van der Waals surface area contributed by atoms with Crippen molar-refractivity contribution in [1.82, 2.24) is 5.32 Å². The van der Waals surface area contributed by atoms with Gasteiger partial charge >= 0.3 is 0 Å². The van der Waals surface area contributed by atoms with E-state index in [1.165, 1.54) is 21.8 Å². The Kier molecular flexibility index (Phi) is 5.14. The van der Waals surface area contributed by atoms with Crippen molar-refractivity contribution in [3.63, 3.8) is 0 Å². The van der Waals surface area contributed by atoms with Crippen LogP contribution in [0, 0.1) is 6.92 Å². The molecular weight excluding hydrogens is 373 g/mol. The first-order valence-corrected chi connectivity index (χ1v) is 8.65. The van der Waals surface area contributed by atoms with E-state index in [4.69, 9.17) is 23.2 Å². The highest BCUT2D eigenvalue weighted by Crippen LogP contribution is 2.40. The van der Waals surface area contributed by atoms with Gasteiger partial charge in [-0.1, -0.05) is 30.1 Å². The lowest BCUT2D eigenvalue weighted by Crippen LogP contribution is -2.20. The Morgan fingerprint density at radius 2 is 2.06 bits per heavy atom. The Labute approximate surface area is 133 Å². The molecule has 0 bridgehead atoms. The molecule has 0 amide bonds. The average molecular weight is 385 g/mol. The third kappa shape index (κ3) is 3.11. The zero-order chi connectivity index (χ0) is 13.3. The molecule has 0 fully saturated rings. The standard InChI is InChI=1S/C12H12BrCl2NS2/c1-3-16-10(7-5-9(14)18-12(7)15)8-4-6(2)11(13)17-8/h4-5,10,16H,3H2,1-2H3. The van der Waals surface area contributed by atoms with Crippen molar-refractivity contribution in [2.45, 2.75) is 19.9 Å². The Morgan fingerprint density at radius 1 is 1.33 bits per heavy atom. The zero-order valence-corrected chi connectivity index (χ0v) is 14.6. The Hall–Kier alpha value is 0.420. The molecule has 0 aliphatic heterocycles. The minimum atomic E-state index is 0.112. The molecule has 0 spiro atoms. The summed E-state index contributed by atoms with van der Waals surface area (Å²) in [5, 5.41) is 3.46. The molecule has 1 nitrogen and oxygen atoms in total. The first kappa shape index (κ1) is 14.8. The topological polar surface area (TPSA) is 12.0 Å². The summed E-state index contributed by atoms with van der Waals surface area (Å²) in [6, 6.07) is 4.25. The third-order valence-electron chi connectivity index (χ3n) is 2.56. The van der Waals surface area contributed by atoms with E-state index in [0.717, 1.165) is 24.6 Å². The fourth-order valence-electron chi connectivity index (χ4n) is 1.74. The molecule has 0 saturated heterocycles. The second-order valence-electron chi connectivity index (χ2n) is 3.88. The highest BCUT2D eigenvalue weighted by Gasteiger charge is 2.21. The molecule has 6 heteroatoms. The van der Waals surface area contributed by atoms with E-state index in [9.17, 15) is 0 Å². The molecule has 0 aliphatic carbocycles. The van der Waals surface area contributed by atoms with Crippen LogP contribution in [-0.2, 0) is 0 Å². The lowest BCUT2D eigenvalue weighted by molar-refractivity contribution is 0.641. The van der Waals surface area contributed by atoms with Crippen LogP contribution in [0.2, 0.25) is 8.67 Å². The molecule has 2 heterocycles. The number of thiophene rings is 2. The number of hydrogen-bond acceptors (Lipinski definition) is 3. The summed E-state index contributed by atoms with van der Waals surface area (Å²) in [4.78, 5) is 1.25. The Bertz CT molecular complexity index is 531. The van der Waals surface area contributed by atoms with Crippen molar-refractivity contribution in [3.05, 3.63) is 40.6 Å². The van der Waals surface area contributed by atoms with Crippen LogP contribution >= 0.6 is 61.8 Å². The summed E-state index contributed by atoms with van der Waals surface area (Å²) < 4.78 is 2.65. The maximum Gasteiger partial charge on any atom is 0.0995 e. The monoisotopic (exact) mass is 383 g/mol. The molecule has 2 rings (SSSR count). The van der Waals surface area contributed by atoms with Gasteiger partial charge < -0.3 is 5.32 Å². The molecule has 0 aromatic carbocycles. The molecule has 2 aromatic rings. The lowest BCUT2D eigenvalue weighted by Gasteiger charge is -2.15. The van der Waals surface area contributed by atoms with Crippen molar-refractivity contribution >= 4 is 61.8 Å². The highest BCUT2D eigenvalue weighted by atomic mass is 79.9. The van der Waals surface area contributed by atoms with Gasteiger partial charge in [-0.25, -0.2) is 0 Å². The summed E-state index contributed by atoms with van der Waals surface area (Å²) in [6.45, 7) is 5.06. The van der Waals surface area contributed by atoms with Crippen molar-refractivity contribution < 1.29 is 0 Å². The minimum absolute atomic E-state index is 0.112. The van der Waals surface area contributed by atoms with Crippen LogP contribution in [0.3, 0.4) is 0 Å². The molecule has 1 N–H and O–H groups in total. The Balaban J connectivity index is 2.42. The van der Waals surface area contributed by atoms with Crippen LogP contribution in [0.25, 0.3) is 0 Å². The van der Waals surface area contributed by atoms with Gasteiger partial charge in [0.2, 0.25) is 0 Å². The van der Waals surface area contributed by atoms with Gasteiger partial charge in [-0.3, -0.25) is 0 Å². The summed E-state index contributed by atoms with van der Waals surface area (Å²) in [5.41, 5.74) is 2.30. The maximum atomic E-state index is 6.26. The summed E-state index contributed by atoms with van der Waals surface area (Å²) in [7, 11) is 0. The number of halogens is 3. The molecule has 1 unspecified atom stereocenters. The SMILES string of the molecule is CCNC(c1cc(C)c(Br)s1)c1cc(Cl)sc1Cl. The van der Waals surface area contributed by atoms with Crippen molar-refractivity contribution in [2.75, 3.05) is 6.54 Å². The van der Waals surface area contributed by atoms with Gasteiger partial charge in [-0.2, -0.15) is 0 Å². The number of rotatable bonds is 4. The molecule has 2 aromatic heterocycles. The van der Waals surface area contributed by atoms with E-state index in [1.54, 1.807) is 11.3 Å². The van der Waals surface area contributed by atoms with E-state index in [0.29, 0.717) is 0 Å². The Morgan fingerprint density at radius 3 is 2.50 bits per heavy atom. The van der Waals surface area contributed by atoms with Gasteiger partial charge in [0.15, 0.2) is 0 Å². The van der Waals surface area contributed by atoms with Crippen molar-refractivity contribution in [3.8, 4) is 0 Å². The molecule has 0 aliphatic rings. The van der Waals surface area contributed by atoms with Crippen LogP contribution in [-0.4, -0.2) is 6.54 Å². The molecule has 98 valence electrons. The fraction of sp³-hybridized carbons (Fsp3) is 0.333. The summed E-state index contributed by atoms with van der Waals surface area (Å²) in [6.07, 6.45) is 0. The quantitative estimate of drug-likeness (QED) is 0.693. The van der Waals surface area contributed by atoms with E-state index in [1.807, 2.05) is 6.07 Å². The first-order chi connectivity index (χ1) is 8.52. The lowest BCUT2D eigenvalue weighted by atomic mass is 10.1. The van der Waals surface area contributed by atoms with E-state index in [2.05, 4.69) is 41.2 Å². The molecular formula is C12H12BrCl2NS2. The van der Waals surface area contributed by atoms with Gasteiger partial charge in [0, 0.05) is 10.4 Å². The van der Waals surface area contributed by atoms with E-state index < -0.39 is 0 Å². The molecule has 1 atom stereocenters. The molecule has 0 radical (unpaired) electrons. The summed E-state index contributed by atoms with van der Waals surface area (Å²) >= 11 is 19.0. The molecule has 18 heavy (non-hydrogen) atoms. The fourth-order valence-corrected chi connectivity index (χ4v) is 4.94. The third-order valence-corrected chi connectivity index (χ3v) is 6.28. The van der Waals surface area contributed by atoms with E-state index in [-0.39, 0.29) is 6.04 Å². The van der Waals surface area contributed by atoms with Gasteiger partial charge in [0.1, 0.15) is 0 Å². The maximum absolute atomic E-state index is 6.26. The number of nitrogens with one attached hydrogen (secondary N) is 1. The van der Waals surface area contributed by atoms with E-state index >= 15 is 0 Å². The van der Waals surface area contributed by atoms with Crippen molar-refractivity contribution in [1.29, 1.82) is 0 Å². The second-order valence-corrected chi connectivity index (χ2v) is 8.56. The normalized spacial score (nSPS) is 12.9. The van der Waals surface area contributed by atoms with Crippen LogP contribution in [0.5, 0.6) is 0 Å². The van der Waals surface area contributed by atoms with Gasteiger partial charge in [-0.15, -0.1) is 22.7 Å². The van der Waals surface area contributed by atoms with Crippen molar-refractivity contribution in [2.24, 2.45) is 0 Å². The predicted octanol–water partition coefficient (Wildman–Crippen LogP) is 5.89. The highest BCUT2D eigenvalue weighted by molar-refractivity contribution is 9.11. The van der Waals surface area contributed by atoms with Crippen LogP contribution in [0.4, 0.5) is 0 Å². The molecule has 0 saturated carbocycles. The van der Waals surface area contributed by atoms with Crippen LogP contribution in [0.15, 0.2) is 15.9 Å². The largest absolute Gasteiger partial charge is 0.306 e. The van der Waals surface area contributed by atoms with Crippen LogP contribution < -0.4 is 5.32 Å². The average Bonchev–Trinajstić information content (AvgIpc) is 2.79. The predicted molar refractivity (Wildman–Crippen MR) is 86.6 cm³/mol. The van der Waals surface area contributed by atoms with Gasteiger partial charge in [0.05, 0.1) is 18.5 Å². The smallest absolute Gasteiger partial charge is 0.0995 e. The first-order valence-electron chi connectivity index (χ1n) is 5.46. The zero-order valence-electron chi connectivity index (χ0n) is 9.89. The number of aryl methyl sites for hydroxylation is 1. The summed E-state index contributed by atoms with van der Waals surface area (Å²) in [5.74, 6) is 0. The van der Waals surface area contributed by atoms with Crippen LogP contribution in [0.1, 0.15) is 29.0 Å². The van der Waals surface area contributed by atoms with Gasteiger partial charge in [0.25, 0.3) is 0 Å². The second kappa shape index (κ2) is 6.25. The minimum Gasteiger partial charge on any atom is -0.306 e.